The first-order valence-electron chi connectivity index (χ1n) is 13.4. The van der Waals surface area contributed by atoms with Crippen LogP contribution in [0.3, 0.4) is 0 Å². The van der Waals surface area contributed by atoms with Crippen LogP contribution >= 0.6 is 34.3 Å². The molecule has 2 aliphatic heterocycles. The third-order valence-corrected chi connectivity index (χ3v) is 9.07. The lowest BCUT2D eigenvalue weighted by Crippen LogP contribution is -2.36. The van der Waals surface area contributed by atoms with Crippen LogP contribution in [0.5, 0.6) is 5.75 Å². The Kier molecular flexibility index (Phi) is 9.17. The van der Waals surface area contributed by atoms with E-state index in [-0.39, 0.29) is 28.1 Å². The van der Waals surface area contributed by atoms with Gasteiger partial charge in [-0.1, -0.05) is 11.3 Å². The molecular weight excluding hydrogens is 688 g/mol. The van der Waals surface area contributed by atoms with Gasteiger partial charge in [-0.25, -0.2) is 15.0 Å². The Hall–Kier alpha value is -3.05. The van der Waals surface area contributed by atoms with E-state index in [0.29, 0.717) is 50.0 Å². The zero-order valence-corrected chi connectivity index (χ0v) is 25.5. The molecule has 224 valence electrons. The predicted molar refractivity (Wildman–Crippen MR) is 159 cm³/mol. The number of aromatic nitrogens is 3. The molecule has 0 spiro atoms. The van der Waals surface area contributed by atoms with E-state index in [2.05, 4.69) is 32.1 Å². The van der Waals surface area contributed by atoms with E-state index < -0.39 is 23.6 Å². The van der Waals surface area contributed by atoms with Crippen LogP contribution in [0.2, 0.25) is 0 Å². The van der Waals surface area contributed by atoms with Gasteiger partial charge in [0.15, 0.2) is 28.1 Å². The van der Waals surface area contributed by atoms with Crippen molar-refractivity contribution in [2.75, 3.05) is 29.9 Å². The van der Waals surface area contributed by atoms with Crippen molar-refractivity contribution in [1.82, 2.24) is 19.9 Å². The van der Waals surface area contributed by atoms with E-state index >= 15 is 0 Å². The summed E-state index contributed by atoms with van der Waals surface area (Å²) in [5.74, 6) is -1.47. The molecule has 42 heavy (non-hydrogen) atoms. The number of nitrogens with one attached hydrogen (secondary N) is 1. The largest absolute Gasteiger partial charge is 0.481 e. The zero-order chi connectivity index (χ0) is 30.0. The molecule has 5 rings (SSSR count). The second kappa shape index (κ2) is 12.7. The average molecular weight is 717 g/mol. The van der Waals surface area contributed by atoms with Crippen molar-refractivity contribution in [2.45, 2.75) is 51.4 Å². The van der Waals surface area contributed by atoms with E-state index in [1.807, 2.05) is 4.90 Å². The highest BCUT2D eigenvalue weighted by Crippen LogP contribution is 2.41. The van der Waals surface area contributed by atoms with Gasteiger partial charge in [-0.15, -0.1) is 0 Å². The summed E-state index contributed by atoms with van der Waals surface area (Å²) >= 11 is 2.64. The number of piperidine rings is 1. The molecule has 4 heterocycles. The maximum atomic E-state index is 13.8. The lowest BCUT2D eigenvalue weighted by Gasteiger charge is -2.30. The third kappa shape index (κ3) is 6.78. The molecule has 15 heteroatoms. The smallest absolute Gasteiger partial charge is 0.420 e. The van der Waals surface area contributed by atoms with Crippen molar-refractivity contribution in [3.05, 3.63) is 46.7 Å². The summed E-state index contributed by atoms with van der Waals surface area (Å²) in [5.41, 5.74) is -0.218. The first kappa shape index (κ1) is 30.4. The summed E-state index contributed by atoms with van der Waals surface area (Å²) in [7, 11) is 0. The molecule has 1 unspecified atom stereocenters. The molecule has 2 aliphatic rings. The molecule has 3 aromatic rings. The first-order valence-corrected chi connectivity index (χ1v) is 15.1. The van der Waals surface area contributed by atoms with Crippen molar-refractivity contribution in [3.63, 3.8) is 0 Å². The lowest BCUT2D eigenvalue weighted by atomic mass is 9.97. The van der Waals surface area contributed by atoms with Crippen LogP contribution in [0.15, 0.2) is 30.6 Å². The van der Waals surface area contributed by atoms with E-state index in [1.54, 1.807) is 0 Å². The maximum Gasteiger partial charge on any atom is 0.420 e. The number of alkyl halides is 3. The van der Waals surface area contributed by atoms with Gasteiger partial charge in [0.1, 0.15) is 17.3 Å². The quantitative estimate of drug-likeness (QED) is 0.275. The topological polar surface area (TPSA) is 121 Å². The molecule has 0 aliphatic carbocycles. The van der Waals surface area contributed by atoms with Gasteiger partial charge in [-0.2, -0.15) is 13.2 Å². The minimum atomic E-state index is -4.62. The number of carbonyl (C=O) groups excluding carboxylic acids is 1. The highest BCUT2D eigenvalue weighted by atomic mass is 127. The number of benzene rings is 1. The molecule has 2 aromatic heterocycles. The summed E-state index contributed by atoms with van der Waals surface area (Å²) in [5, 5.41) is 12.2. The number of hydrogen-bond donors (Lipinski definition) is 2. The normalized spacial score (nSPS) is 18.3. The van der Waals surface area contributed by atoms with Gasteiger partial charge < -0.3 is 13.1 Å². The van der Waals surface area contributed by atoms with Crippen LogP contribution in [-0.2, 0) is 17.5 Å². The average Bonchev–Trinajstić information content (AvgIpc) is 3.57. The summed E-state index contributed by atoms with van der Waals surface area (Å²) in [6.07, 6.45) is 1.26. The fourth-order valence-electron chi connectivity index (χ4n) is 5.23. The standard InChI is InChI=1S/C27H28F3IN6O4S/c1-15-3-2-8-37(15)14-21-23(17-4-5-20(41-31)18(11-17)27(28,29)30)34-26(42-21)35-24(38)19-12-33-22(13-32-19)36-9-6-16(7-10-36)25(39)40/h4-5,11-13,15-16H,2-3,6-10,14H2,1H3,(H,39,40)(H,34,35,38). The van der Waals surface area contributed by atoms with Gasteiger partial charge in [0.2, 0.25) is 0 Å². The second-order valence-corrected chi connectivity index (χ2v) is 11.9. The fourth-order valence-corrected chi connectivity index (χ4v) is 6.62. The monoisotopic (exact) mass is 716 g/mol. The summed E-state index contributed by atoms with van der Waals surface area (Å²) in [4.78, 5) is 42.3. The molecule has 2 N–H and O–H groups in total. The third-order valence-electron chi connectivity index (χ3n) is 7.64. The number of rotatable bonds is 8. The second-order valence-electron chi connectivity index (χ2n) is 10.4. The minimum Gasteiger partial charge on any atom is -0.481 e. The fraction of sp³-hybridized carbons (Fsp3) is 0.444. The van der Waals surface area contributed by atoms with Crippen LogP contribution in [-0.4, -0.2) is 62.5 Å². The molecule has 2 saturated heterocycles. The number of likely N-dealkylation sites (tertiary alicyclic amines) is 1. The van der Waals surface area contributed by atoms with E-state index in [0.717, 1.165) is 30.3 Å². The summed E-state index contributed by atoms with van der Waals surface area (Å²) in [6.45, 7) is 4.52. The number of anilines is 2. The van der Waals surface area contributed by atoms with Crippen molar-refractivity contribution in [2.24, 2.45) is 5.92 Å². The zero-order valence-electron chi connectivity index (χ0n) is 22.5. The van der Waals surface area contributed by atoms with Crippen molar-refractivity contribution in [1.29, 1.82) is 0 Å². The summed E-state index contributed by atoms with van der Waals surface area (Å²) in [6, 6.07) is 4.15. The number of halogens is 4. The van der Waals surface area contributed by atoms with Crippen LogP contribution in [0, 0.1) is 5.92 Å². The molecule has 1 atom stereocenters. The van der Waals surface area contributed by atoms with Crippen molar-refractivity contribution < 1.29 is 30.9 Å². The molecule has 0 bridgehead atoms. The Morgan fingerprint density at radius 3 is 2.52 bits per heavy atom. The molecule has 0 radical (unpaired) electrons. The first-order chi connectivity index (χ1) is 20.0. The molecule has 1 aromatic carbocycles. The lowest BCUT2D eigenvalue weighted by molar-refractivity contribution is -0.142. The molecule has 1 amide bonds. The highest BCUT2D eigenvalue weighted by Gasteiger charge is 2.35. The Morgan fingerprint density at radius 2 is 1.93 bits per heavy atom. The number of carboxylic acid groups (broad SMARTS) is 1. The van der Waals surface area contributed by atoms with Crippen molar-refractivity contribution in [3.8, 4) is 17.0 Å². The number of hydrogen-bond acceptors (Lipinski definition) is 9. The van der Waals surface area contributed by atoms with Gasteiger partial charge in [-0.05, 0) is 57.4 Å². The molecule has 2 fully saturated rings. The Balaban J connectivity index is 1.37. The number of carbonyl (C=O) groups is 2. The van der Waals surface area contributed by atoms with Crippen LogP contribution in [0.1, 0.15) is 53.5 Å². The number of carboxylic acids is 1. The Labute approximate surface area is 258 Å². The highest BCUT2D eigenvalue weighted by molar-refractivity contribution is 14.1. The maximum absolute atomic E-state index is 13.8. The van der Waals surface area contributed by atoms with Crippen LogP contribution in [0.4, 0.5) is 24.1 Å². The SMILES string of the molecule is CC1CCCN1Cc1sc(NC(=O)c2cnc(N3CCC(C(=O)O)CC3)cn2)nc1-c1ccc(OI)c(C(F)(F)F)c1. The van der Waals surface area contributed by atoms with E-state index in [9.17, 15) is 27.9 Å². The number of aliphatic carboxylic acids is 1. The van der Waals surface area contributed by atoms with Crippen LogP contribution in [0.25, 0.3) is 11.3 Å². The predicted octanol–water partition coefficient (Wildman–Crippen LogP) is 5.89. The Bertz CT molecular complexity index is 1450. The number of thiazole rings is 1. The molecule has 10 nitrogen and oxygen atoms in total. The Morgan fingerprint density at radius 1 is 1.17 bits per heavy atom. The van der Waals surface area contributed by atoms with Crippen molar-refractivity contribution >= 4 is 57.2 Å². The van der Waals surface area contributed by atoms with E-state index in [1.165, 1.54) is 58.9 Å². The number of nitrogens with zero attached hydrogens (tertiary/aromatic N) is 5. The van der Waals surface area contributed by atoms with Crippen LogP contribution < -0.4 is 13.3 Å². The minimum absolute atomic E-state index is 0.0496. The summed E-state index contributed by atoms with van der Waals surface area (Å²) < 4.78 is 46.2. The van der Waals surface area contributed by atoms with Gasteiger partial charge >= 0.3 is 12.1 Å². The van der Waals surface area contributed by atoms with Gasteiger partial charge in [0.25, 0.3) is 5.91 Å². The molecular formula is C27H28F3IN6O4S. The van der Waals surface area contributed by atoms with E-state index in [4.69, 9.17) is 3.07 Å². The number of amides is 1. The van der Waals surface area contributed by atoms with Gasteiger partial charge in [-0.3, -0.25) is 19.8 Å². The van der Waals surface area contributed by atoms with Gasteiger partial charge in [0, 0.05) is 36.1 Å². The molecule has 0 saturated carbocycles. The van der Waals surface area contributed by atoms with Gasteiger partial charge in [0.05, 0.1) is 29.6 Å².